The van der Waals surface area contributed by atoms with Crippen molar-refractivity contribution in [2.45, 2.75) is 6.61 Å². The van der Waals surface area contributed by atoms with Gasteiger partial charge in [0.15, 0.2) is 17.3 Å². The topological polar surface area (TPSA) is 78.7 Å². The molecule has 0 heterocycles. The fourth-order valence-corrected chi connectivity index (χ4v) is 2.34. The third-order valence-corrected chi connectivity index (χ3v) is 3.80. The highest BCUT2D eigenvalue weighted by Crippen LogP contribution is 2.36. The lowest BCUT2D eigenvalue weighted by Crippen LogP contribution is -2.05. The molecular weight excluding hydrogens is 416 g/mol. The van der Waals surface area contributed by atoms with E-state index in [1.807, 2.05) is 0 Å². The standard InChI is InChI=1S/C17H12BrF2NO5/c1-25-15-8-11(13(21(23)24)9-16(15)26-17(19)20)4-7-14(22)10-2-5-12(18)6-3-10/h2-9,17H,1H3/b7-4+. The lowest BCUT2D eigenvalue weighted by molar-refractivity contribution is -0.385. The lowest BCUT2D eigenvalue weighted by atomic mass is 10.1. The van der Waals surface area contributed by atoms with Crippen LogP contribution in [-0.2, 0) is 0 Å². The number of nitro benzene ring substituents is 1. The minimum Gasteiger partial charge on any atom is -0.493 e. The van der Waals surface area contributed by atoms with Crippen LogP contribution in [0.25, 0.3) is 6.08 Å². The van der Waals surface area contributed by atoms with Gasteiger partial charge in [-0.05, 0) is 42.5 Å². The number of carbonyl (C=O) groups excluding carboxylic acids is 1. The van der Waals surface area contributed by atoms with E-state index in [0.717, 1.165) is 22.7 Å². The van der Waals surface area contributed by atoms with E-state index in [1.165, 1.54) is 13.2 Å². The molecule has 0 fully saturated rings. The Balaban J connectivity index is 2.39. The second kappa shape index (κ2) is 8.52. The van der Waals surface area contributed by atoms with E-state index in [0.29, 0.717) is 5.56 Å². The molecule has 0 saturated carbocycles. The molecule has 0 aliphatic heterocycles. The monoisotopic (exact) mass is 427 g/mol. The van der Waals surface area contributed by atoms with E-state index in [9.17, 15) is 23.7 Å². The maximum atomic E-state index is 12.4. The van der Waals surface area contributed by atoms with E-state index in [2.05, 4.69) is 20.7 Å². The smallest absolute Gasteiger partial charge is 0.387 e. The molecule has 9 heteroatoms. The normalized spacial score (nSPS) is 11.0. The summed E-state index contributed by atoms with van der Waals surface area (Å²) in [7, 11) is 1.21. The molecule has 0 aliphatic carbocycles. The molecule has 0 aliphatic rings. The summed E-state index contributed by atoms with van der Waals surface area (Å²) < 4.78 is 34.8. The summed E-state index contributed by atoms with van der Waals surface area (Å²) in [5, 5.41) is 11.2. The van der Waals surface area contributed by atoms with Crippen LogP contribution in [0.2, 0.25) is 0 Å². The van der Waals surface area contributed by atoms with Crippen LogP contribution < -0.4 is 9.47 Å². The number of nitrogens with zero attached hydrogens (tertiary/aromatic N) is 1. The fourth-order valence-electron chi connectivity index (χ4n) is 2.08. The van der Waals surface area contributed by atoms with Crippen LogP contribution in [-0.4, -0.2) is 24.4 Å². The van der Waals surface area contributed by atoms with Crippen molar-refractivity contribution in [2.75, 3.05) is 7.11 Å². The largest absolute Gasteiger partial charge is 0.493 e. The number of benzene rings is 2. The number of alkyl halides is 2. The van der Waals surface area contributed by atoms with E-state index in [-0.39, 0.29) is 17.1 Å². The number of ketones is 1. The van der Waals surface area contributed by atoms with E-state index >= 15 is 0 Å². The van der Waals surface area contributed by atoms with Gasteiger partial charge in [-0.2, -0.15) is 8.78 Å². The molecule has 0 N–H and O–H groups in total. The van der Waals surface area contributed by atoms with Gasteiger partial charge in [0.2, 0.25) is 0 Å². The molecule has 0 unspecified atom stereocenters. The van der Waals surface area contributed by atoms with Crippen molar-refractivity contribution >= 4 is 33.5 Å². The van der Waals surface area contributed by atoms with E-state index < -0.39 is 23.0 Å². The summed E-state index contributed by atoms with van der Waals surface area (Å²) in [5.74, 6) is -0.962. The summed E-state index contributed by atoms with van der Waals surface area (Å²) >= 11 is 3.25. The first-order chi connectivity index (χ1) is 12.3. The fraction of sp³-hybridized carbons (Fsp3) is 0.118. The van der Waals surface area contributed by atoms with Crippen molar-refractivity contribution in [3.05, 3.63) is 68.2 Å². The number of methoxy groups -OCH3 is 1. The van der Waals surface area contributed by atoms with Crippen LogP contribution in [0.15, 0.2) is 46.9 Å². The van der Waals surface area contributed by atoms with Crippen molar-refractivity contribution in [3.63, 3.8) is 0 Å². The zero-order valence-corrected chi connectivity index (χ0v) is 14.9. The average Bonchev–Trinajstić information content (AvgIpc) is 2.59. The maximum absolute atomic E-state index is 12.4. The van der Waals surface area contributed by atoms with Crippen LogP contribution in [0.3, 0.4) is 0 Å². The number of allylic oxidation sites excluding steroid dienone is 1. The molecule has 0 spiro atoms. The van der Waals surface area contributed by atoms with Gasteiger partial charge in [0.1, 0.15) is 0 Å². The first kappa shape index (κ1) is 19.5. The molecule has 26 heavy (non-hydrogen) atoms. The average molecular weight is 428 g/mol. The number of carbonyl (C=O) groups is 1. The predicted octanol–water partition coefficient (Wildman–Crippen LogP) is 4.86. The molecular formula is C17H12BrF2NO5. The number of ether oxygens (including phenoxy) is 2. The quantitative estimate of drug-likeness (QED) is 0.272. The first-order valence-electron chi connectivity index (χ1n) is 7.11. The molecule has 0 atom stereocenters. The van der Waals surface area contributed by atoms with Crippen molar-refractivity contribution < 1.29 is 28.0 Å². The SMILES string of the molecule is COc1cc(/C=C/C(=O)c2ccc(Br)cc2)c([N+](=O)[O-])cc1OC(F)F. The summed E-state index contributed by atoms with van der Waals surface area (Å²) in [6.45, 7) is -3.16. The minimum absolute atomic E-state index is 0.0129. The summed E-state index contributed by atoms with van der Waals surface area (Å²) in [4.78, 5) is 22.6. The Labute approximate surface area is 155 Å². The Morgan fingerprint density at radius 3 is 2.42 bits per heavy atom. The van der Waals surface area contributed by atoms with E-state index in [4.69, 9.17) is 4.74 Å². The van der Waals surface area contributed by atoms with Gasteiger partial charge in [0.05, 0.1) is 23.7 Å². The number of rotatable bonds is 7. The molecule has 136 valence electrons. The van der Waals surface area contributed by atoms with Crippen molar-refractivity contribution in [3.8, 4) is 11.5 Å². The second-order valence-corrected chi connectivity index (χ2v) is 5.82. The first-order valence-corrected chi connectivity index (χ1v) is 7.90. The number of hydrogen-bond donors (Lipinski definition) is 0. The van der Waals surface area contributed by atoms with Gasteiger partial charge in [0, 0.05) is 10.0 Å². The van der Waals surface area contributed by atoms with Crippen LogP contribution >= 0.6 is 15.9 Å². The zero-order chi connectivity index (χ0) is 19.3. The Hall–Kier alpha value is -2.81. The van der Waals surface area contributed by atoms with Crippen molar-refractivity contribution in [1.29, 1.82) is 0 Å². The van der Waals surface area contributed by atoms with Crippen LogP contribution in [0.1, 0.15) is 15.9 Å². The van der Waals surface area contributed by atoms with Gasteiger partial charge in [0.25, 0.3) is 5.69 Å². The third kappa shape index (κ3) is 4.85. The second-order valence-electron chi connectivity index (χ2n) is 4.90. The predicted molar refractivity (Wildman–Crippen MR) is 93.8 cm³/mol. The van der Waals surface area contributed by atoms with Gasteiger partial charge in [-0.15, -0.1) is 0 Å². The third-order valence-electron chi connectivity index (χ3n) is 3.27. The molecule has 2 aromatic carbocycles. The highest BCUT2D eigenvalue weighted by molar-refractivity contribution is 9.10. The number of nitro groups is 1. The Morgan fingerprint density at radius 1 is 1.23 bits per heavy atom. The lowest BCUT2D eigenvalue weighted by Gasteiger charge is -2.10. The van der Waals surface area contributed by atoms with E-state index in [1.54, 1.807) is 24.3 Å². The van der Waals surface area contributed by atoms with Gasteiger partial charge < -0.3 is 9.47 Å². The Bertz CT molecular complexity index is 853. The van der Waals surface area contributed by atoms with Crippen molar-refractivity contribution in [2.24, 2.45) is 0 Å². The summed E-state index contributed by atoms with van der Waals surface area (Å²) in [6, 6.07) is 8.53. The summed E-state index contributed by atoms with van der Waals surface area (Å²) in [6.07, 6.45) is 2.37. The highest BCUT2D eigenvalue weighted by Gasteiger charge is 2.20. The molecule has 2 aromatic rings. The van der Waals surface area contributed by atoms with Gasteiger partial charge in [-0.1, -0.05) is 15.9 Å². The zero-order valence-electron chi connectivity index (χ0n) is 13.3. The molecule has 0 amide bonds. The van der Waals surface area contributed by atoms with Crippen LogP contribution in [0.5, 0.6) is 11.5 Å². The van der Waals surface area contributed by atoms with Gasteiger partial charge in [-0.3, -0.25) is 14.9 Å². The molecule has 6 nitrogen and oxygen atoms in total. The molecule has 0 radical (unpaired) electrons. The molecule has 0 bridgehead atoms. The summed E-state index contributed by atoms with van der Waals surface area (Å²) in [5.41, 5.74) is -0.100. The minimum atomic E-state index is -3.16. The van der Waals surface area contributed by atoms with Crippen LogP contribution in [0, 0.1) is 10.1 Å². The van der Waals surface area contributed by atoms with Crippen LogP contribution in [0.4, 0.5) is 14.5 Å². The highest BCUT2D eigenvalue weighted by atomic mass is 79.9. The van der Waals surface area contributed by atoms with Gasteiger partial charge >= 0.3 is 6.61 Å². The maximum Gasteiger partial charge on any atom is 0.387 e. The van der Waals surface area contributed by atoms with Gasteiger partial charge in [-0.25, -0.2) is 0 Å². The Morgan fingerprint density at radius 2 is 1.88 bits per heavy atom. The molecule has 0 saturated heterocycles. The number of hydrogen-bond acceptors (Lipinski definition) is 5. The number of halogens is 3. The molecule has 2 rings (SSSR count). The Kier molecular flexibility index (Phi) is 6.40. The van der Waals surface area contributed by atoms with Crippen molar-refractivity contribution in [1.82, 2.24) is 0 Å². The molecule has 0 aromatic heterocycles.